The van der Waals surface area contributed by atoms with Gasteiger partial charge in [-0.15, -0.1) is 0 Å². The molecular formula is C31H23N3O4. The van der Waals surface area contributed by atoms with Crippen molar-refractivity contribution in [3.63, 3.8) is 0 Å². The summed E-state index contributed by atoms with van der Waals surface area (Å²) in [5.41, 5.74) is 2.76. The van der Waals surface area contributed by atoms with Gasteiger partial charge in [0.25, 0.3) is 0 Å². The maximum absolute atomic E-state index is 14.2. The number of carbonyl (C=O) groups excluding carboxylic acids is 3. The second-order valence-electron chi connectivity index (χ2n) is 9.80. The summed E-state index contributed by atoms with van der Waals surface area (Å²) < 4.78 is 5.25. The maximum atomic E-state index is 14.2. The third kappa shape index (κ3) is 3.08. The molecule has 7 rings (SSSR count). The van der Waals surface area contributed by atoms with Gasteiger partial charge in [-0.1, -0.05) is 60.7 Å². The number of anilines is 1. The number of ketones is 1. The highest BCUT2D eigenvalue weighted by Gasteiger charge is 2.65. The largest absolute Gasteiger partial charge is 0.497 e. The Hall–Kier alpha value is -4.78. The molecule has 38 heavy (non-hydrogen) atoms. The molecule has 0 aromatic heterocycles. The van der Waals surface area contributed by atoms with E-state index in [1.165, 1.54) is 4.90 Å². The molecule has 3 aliphatic rings. The third-order valence-electron chi connectivity index (χ3n) is 7.94. The van der Waals surface area contributed by atoms with Crippen LogP contribution < -0.4 is 9.64 Å². The summed E-state index contributed by atoms with van der Waals surface area (Å²) in [5.74, 6) is -1.91. The van der Waals surface area contributed by atoms with Crippen LogP contribution in [0.3, 0.4) is 0 Å². The molecule has 7 heteroatoms. The zero-order valence-electron chi connectivity index (χ0n) is 20.5. The zero-order chi connectivity index (χ0) is 26.0. The molecule has 0 spiro atoms. The van der Waals surface area contributed by atoms with E-state index in [1.807, 2.05) is 60.7 Å². The van der Waals surface area contributed by atoms with Gasteiger partial charge in [0.2, 0.25) is 11.8 Å². The van der Waals surface area contributed by atoms with Crippen molar-refractivity contribution in [2.45, 2.75) is 12.1 Å². The lowest BCUT2D eigenvalue weighted by Gasteiger charge is -2.34. The van der Waals surface area contributed by atoms with Crippen LogP contribution in [0.2, 0.25) is 0 Å². The second-order valence-corrected chi connectivity index (χ2v) is 9.80. The van der Waals surface area contributed by atoms with Crippen LogP contribution in [0.1, 0.15) is 27.5 Å². The Labute approximate surface area is 218 Å². The predicted octanol–water partition coefficient (Wildman–Crippen LogP) is 4.61. The Kier molecular flexibility index (Phi) is 4.94. The van der Waals surface area contributed by atoms with Gasteiger partial charge in [0.15, 0.2) is 5.78 Å². The number of fused-ring (bicyclic) bond motifs is 6. The first-order valence-corrected chi connectivity index (χ1v) is 12.5. The number of benzene rings is 4. The monoisotopic (exact) mass is 501 g/mol. The van der Waals surface area contributed by atoms with Gasteiger partial charge in [0.1, 0.15) is 11.8 Å². The Bertz CT molecular complexity index is 1660. The number of amides is 2. The van der Waals surface area contributed by atoms with Gasteiger partial charge in [-0.25, -0.2) is 4.90 Å². The van der Waals surface area contributed by atoms with Crippen molar-refractivity contribution in [1.29, 1.82) is 0 Å². The zero-order valence-corrected chi connectivity index (χ0v) is 20.5. The summed E-state index contributed by atoms with van der Waals surface area (Å²) in [4.78, 5) is 43.7. The molecule has 0 aliphatic carbocycles. The van der Waals surface area contributed by atoms with E-state index in [-0.39, 0.29) is 17.6 Å². The van der Waals surface area contributed by atoms with Gasteiger partial charge < -0.3 is 4.74 Å². The number of ether oxygens (including phenoxy) is 1. The van der Waals surface area contributed by atoms with Crippen molar-refractivity contribution in [1.82, 2.24) is 5.01 Å². The highest BCUT2D eigenvalue weighted by atomic mass is 16.5. The molecule has 4 aromatic carbocycles. The van der Waals surface area contributed by atoms with Gasteiger partial charge in [-0.2, -0.15) is 5.10 Å². The lowest BCUT2D eigenvalue weighted by atomic mass is 9.83. The minimum absolute atomic E-state index is 0.248. The third-order valence-corrected chi connectivity index (χ3v) is 7.94. The van der Waals surface area contributed by atoms with Gasteiger partial charge >= 0.3 is 0 Å². The van der Waals surface area contributed by atoms with Crippen LogP contribution in [0.15, 0.2) is 96.1 Å². The first kappa shape index (κ1) is 22.4. The number of methoxy groups -OCH3 is 1. The topological polar surface area (TPSA) is 79.3 Å². The average Bonchev–Trinajstić information content (AvgIpc) is 3.44. The predicted molar refractivity (Wildman–Crippen MR) is 143 cm³/mol. The van der Waals surface area contributed by atoms with E-state index in [9.17, 15) is 14.4 Å². The van der Waals surface area contributed by atoms with Crippen LogP contribution in [0, 0.1) is 11.8 Å². The van der Waals surface area contributed by atoms with Crippen molar-refractivity contribution in [3.8, 4) is 5.75 Å². The van der Waals surface area contributed by atoms with Crippen molar-refractivity contribution < 1.29 is 19.1 Å². The molecule has 7 nitrogen and oxygen atoms in total. The maximum Gasteiger partial charge on any atom is 0.240 e. The Morgan fingerprint density at radius 2 is 1.53 bits per heavy atom. The minimum Gasteiger partial charge on any atom is -0.497 e. The van der Waals surface area contributed by atoms with E-state index >= 15 is 0 Å². The van der Waals surface area contributed by atoms with Gasteiger partial charge in [0.05, 0.1) is 36.9 Å². The Morgan fingerprint density at radius 1 is 0.816 bits per heavy atom. The normalized spacial score (nSPS) is 23.4. The fourth-order valence-corrected chi connectivity index (χ4v) is 6.24. The van der Waals surface area contributed by atoms with Crippen molar-refractivity contribution in [3.05, 3.63) is 108 Å². The van der Waals surface area contributed by atoms with E-state index in [0.717, 1.165) is 21.9 Å². The minimum atomic E-state index is -0.917. The van der Waals surface area contributed by atoms with Gasteiger partial charge in [-0.3, -0.25) is 19.4 Å². The summed E-state index contributed by atoms with van der Waals surface area (Å²) in [6, 6.07) is 26.4. The molecule has 3 aliphatic heterocycles. The number of rotatable bonds is 4. The van der Waals surface area contributed by atoms with E-state index in [4.69, 9.17) is 4.74 Å². The van der Waals surface area contributed by atoms with E-state index in [1.54, 1.807) is 48.7 Å². The van der Waals surface area contributed by atoms with Crippen molar-refractivity contribution in [2.75, 3.05) is 12.0 Å². The smallest absolute Gasteiger partial charge is 0.240 e. The molecule has 4 aromatic rings. The second kappa shape index (κ2) is 8.38. The number of hydrazone groups is 1. The quantitative estimate of drug-likeness (QED) is 0.301. The number of hydrogen-bond acceptors (Lipinski definition) is 6. The summed E-state index contributed by atoms with van der Waals surface area (Å²) in [6.07, 6.45) is 1.71. The molecule has 186 valence electrons. The Morgan fingerprint density at radius 3 is 2.34 bits per heavy atom. The summed E-state index contributed by atoms with van der Waals surface area (Å²) in [6.45, 7) is 0. The van der Waals surface area contributed by atoms with Crippen LogP contribution in [0.5, 0.6) is 5.75 Å². The molecule has 1 unspecified atom stereocenters. The molecule has 0 radical (unpaired) electrons. The SMILES string of the molecule is COc1ccc(C(=O)[C@@H]2[C@@H]3C(=O)N(c4cccc5ccccc45)C(=O)[C@@H]3C3c4ccccc4C=NN32)cc1. The number of nitrogens with zero attached hydrogens (tertiary/aromatic N) is 3. The van der Waals surface area contributed by atoms with Crippen LogP contribution in [0.25, 0.3) is 10.8 Å². The summed E-state index contributed by atoms with van der Waals surface area (Å²) in [5, 5.41) is 8.06. The molecule has 2 amide bonds. The highest BCUT2D eigenvalue weighted by Crippen LogP contribution is 2.53. The van der Waals surface area contributed by atoms with Crippen LogP contribution in [-0.2, 0) is 9.59 Å². The van der Waals surface area contributed by atoms with Crippen molar-refractivity contribution in [2.24, 2.45) is 16.9 Å². The lowest BCUT2D eigenvalue weighted by Crippen LogP contribution is -2.44. The molecular weight excluding hydrogens is 478 g/mol. The molecule has 2 fully saturated rings. The Balaban J connectivity index is 1.38. The molecule has 0 saturated carbocycles. The fraction of sp³-hybridized carbons (Fsp3) is 0.161. The fourth-order valence-electron chi connectivity index (χ4n) is 6.24. The molecule has 3 heterocycles. The molecule has 0 bridgehead atoms. The number of carbonyl (C=O) groups is 3. The van der Waals surface area contributed by atoms with E-state index < -0.39 is 23.9 Å². The summed E-state index contributed by atoms with van der Waals surface area (Å²) in [7, 11) is 1.56. The average molecular weight is 502 g/mol. The number of hydrogen-bond donors (Lipinski definition) is 0. The highest BCUT2D eigenvalue weighted by molar-refractivity contribution is 6.27. The van der Waals surface area contributed by atoms with E-state index in [2.05, 4.69) is 5.10 Å². The standard InChI is InChI=1S/C31H23N3O4/c1-38-21-15-13-19(14-16-21)29(35)28-26-25(27-23-11-5-3-8-20(23)17-32-34(27)28)30(36)33(31(26)37)24-12-6-9-18-7-2-4-10-22(18)24/h2-17,25-28H,1H3/t25-,26+,27?,28-/m0/s1. The van der Waals surface area contributed by atoms with Gasteiger partial charge in [0, 0.05) is 10.9 Å². The first-order valence-electron chi connectivity index (χ1n) is 12.5. The van der Waals surface area contributed by atoms with Crippen molar-refractivity contribution >= 4 is 40.3 Å². The molecule has 4 atom stereocenters. The number of Topliss-reactive ketones (excluding diaryl/α,β-unsaturated/α-hetero) is 1. The lowest BCUT2D eigenvalue weighted by molar-refractivity contribution is -0.124. The van der Waals surface area contributed by atoms with Crippen LogP contribution >= 0.6 is 0 Å². The summed E-state index contributed by atoms with van der Waals surface area (Å²) >= 11 is 0. The van der Waals surface area contributed by atoms with Crippen LogP contribution in [0.4, 0.5) is 5.69 Å². The number of imide groups is 1. The van der Waals surface area contributed by atoms with Gasteiger partial charge in [-0.05, 0) is 46.8 Å². The van der Waals surface area contributed by atoms with Crippen LogP contribution in [-0.4, -0.2) is 42.0 Å². The first-order chi connectivity index (χ1) is 18.6. The molecule has 2 saturated heterocycles. The molecule has 0 N–H and O–H groups in total. The van der Waals surface area contributed by atoms with E-state index in [0.29, 0.717) is 17.0 Å².